The maximum Gasteiger partial charge on any atom is 0.317 e. The molecular formula is C19H22FN5O4S. The number of amidine groups is 1. The molecule has 2 amide bonds. The van der Waals surface area contributed by atoms with Crippen LogP contribution < -0.4 is 16.4 Å². The van der Waals surface area contributed by atoms with E-state index < -0.39 is 36.1 Å². The van der Waals surface area contributed by atoms with Gasteiger partial charge in [0, 0.05) is 36.5 Å². The predicted octanol–water partition coefficient (Wildman–Crippen LogP) is 1.75. The van der Waals surface area contributed by atoms with Crippen LogP contribution >= 0.6 is 11.3 Å². The zero-order chi connectivity index (χ0) is 23.0. The van der Waals surface area contributed by atoms with Gasteiger partial charge in [0.1, 0.15) is 22.6 Å². The van der Waals surface area contributed by atoms with Crippen molar-refractivity contribution in [2.75, 3.05) is 18.4 Å². The van der Waals surface area contributed by atoms with E-state index in [0.717, 1.165) is 6.07 Å². The molecule has 0 aliphatic rings. The molecule has 2 rings (SSSR count). The fourth-order valence-corrected chi connectivity index (χ4v) is 3.13. The molecule has 2 unspecified atom stereocenters. The molecule has 0 saturated heterocycles. The molecule has 1 aromatic heterocycles. The number of nitrogens with zero attached hydrogens (tertiary/aromatic N) is 1. The van der Waals surface area contributed by atoms with Crippen LogP contribution in [0.5, 0.6) is 0 Å². The van der Waals surface area contributed by atoms with Crippen molar-refractivity contribution in [3.8, 4) is 0 Å². The molecule has 1 aromatic carbocycles. The number of hydrogen-bond acceptors (Lipinski definition) is 7. The summed E-state index contributed by atoms with van der Waals surface area (Å²) in [5.74, 6) is -3.66. The van der Waals surface area contributed by atoms with Crippen LogP contribution in [0.25, 0.3) is 0 Å². The first kappa shape index (κ1) is 21.4. The second-order valence-corrected chi connectivity index (χ2v) is 6.98. The third-order valence-electron chi connectivity index (χ3n) is 3.90. The van der Waals surface area contributed by atoms with Gasteiger partial charge in [-0.1, -0.05) is 0 Å². The van der Waals surface area contributed by atoms with Crippen LogP contribution in [0.2, 0.25) is 0 Å². The lowest BCUT2D eigenvalue weighted by atomic mass is 10.1. The number of aromatic nitrogens is 1. The Morgan fingerprint density at radius 2 is 2.10 bits per heavy atom. The summed E-state index contributed by atoms with van der Waals surface area (Å²) in [6.45, 7) is 0.241. The van der Waals surface area contributed by atoms with Gasteiger partial charge in [0.25, 0.3) is 0 Å². The molecule has 0 aliphatic heterocycles. The highest BCUT2D eigenvalue weighted by molar-refractivity contribution is 7.09. The highest BCUT2D eigenvalue weighted by atomic mass is 32.1. The Labute approximate surface area is 177 Å². The molecule has 11 heteroatoms. The number of hydrogen-bond donors (Lipinski definition) is 4. The van der Waals surface area contributed by atoms with Crippen LogP contribution in [0.1, 0.15) is 37.6 Å². The molecule has 160 valence electrons. The molecule has 5 N–H and O–H groups in total. The van der Waals surface area contributed by atoms with Crippen molar-refractivity contribution in [3.63, 3.8) is 0 Å². The molecule has 0 bridgehead atoms. The third kappa shape index (κ3) is 6.62. The second kappa shape index (κ2) is 11.0. The lowest BCUT2D eigenvalue weighted by Crippen LogP contribution is -2.33. The van der Waals surface area contributed by atoms with Crippen LogP contribution in [0.4, 0.5) is 10.1 Å². The van der Waals surface area contributed by atoms with Gasteiger partial charge in [0.15, 0.2) is 0 Å². The summed E-state index contributed by atoms with van der Waals surface area (Å²) in [5, 5.41) is 14.3. The number of nitrogen functional groups attached to an aromatic ring is 1. The molecular weight excluding hydrogens is 413 g/mol. The van der Waals surface area contributed by atoms with Crippen molar-refractivity contribution in [1.29, 1.82) is 5.41 Å². The second-order valence-electron chi connectivity index (χ2n) is 6.06. The first-order chi connectivity index (χ1) is 14.7. The molecule has 0 spiro atoms. The summed E-state index contributed by atoms with van der Waals surface area (Å²) in [4.78, 5) is 40.3. The summed E-state index contributed by atoms with van der Waals surface area (Å²) in [6, 6.07) is 3.70. The van der Waals surface area contributed by atoms with Crippen molar-refractivity contribution in [2.45, 2.75) is 25.7 Å². The van der Waals surface area contributed by atoms with Crippen LogP contribution in [0.15, 0.2) is 29.8 Å². The van der Waals surface area contributed by atoms with E-state index in [1.165, 1.54) is 36.6 Å². The first-order valence-electron chi connectivity index (χ1n) is 9.47. The zero-order valence-electron chi connectivity index (χ0n) is 17.1. The van der Waals surface area contributed by atoms with E-state index >= 15 is 0 Å². The summed E-state index contributed by atoms with van der Waals surface area (Å²) in [5.41, 5.74) is 5.37. The molecule has 2 aromatic rings. The quantitative estimate of drug-likeness (QED) is 0.253. The van der Waals surface area contributed by atoms with E-state index in [0.29, 0.717) is 5.01 Å². The number of thiazole rings is 1. The van der Waals surface area contributed by atoms with Gasteiger partial charge in [-0.15, -0.1) is 11.3 Å². The number of esters is 1. The topological polar surface area (TPSA) is 147 Å². The molecule has 0 fully saturated rings. The van der Waals surface area contributed by atoms with Crippen LogP contribution in [-0.2, 0) is 19.1 Å². The Morgan fingerprint density at radius 3 is 2.70 bits per heavy atom. The van der Waals surface area contributed by atoms with Crippen LogP contribution in [-0.4, -0.2) is 41.7 Å². The van der Waals surface area contributed by atoms with E-state index in [4.69, 9.17) is 17.3 Å². The van der Waals surface area contributed by atoms with Crippen molar-refractivity contribution < 1.29 is 24.9 Å². The maximum absolute atomic E-state index is 14.0. The SMILES string of the molecule is [2H]C(C)OC(=O)C(CNC(=O)CCC(=O)Nc1ccc(C(=N)N)cc1F)c1nccs1. The average Bonchev–Trinajstić information content (AvgIpc) is 3.21. The van der Waals surface area contributed by atoms with Gasteiger partial charge in [-0.2, -0.15) is 0 Å². The standard InChI is InChI=1S/C19H22FN5O4S/c1-2-29-19(28)12(18-23-7-8-30-18)10-24-15(26)5-6-16(27)25-14-4-3-11(17(21)22)9-13(14)20/h3-4,7-9,12H,2,5-6,10H2,1H3,(H3,21,22)(H,24,26)(H,25,27)/i2D. The Kier molecular flexibility index (Phi) is 7.84. The number of amides is 2. The minimum atomic E-state index is -1.06. The van der Waals surface area contributed by atoms with Crippen molar-refractivity contribution >= 4 is 40.6 Å². The van der Waals surface area contributed by atoms with Gasteiger partial charge in [-0.25, -0.2) is 9.37 Å². The Morgan fingerprint density at radius 1 is 1.37 bits per heavy atom. The lowest BCUT2D eigenvalue weighted by Gasteiger charge is -2.14. The number of halogens is 1. The number of carbonyl (C=O) groups is 3. The number of rotatable bonds is 10. The predicted molar refractivity (Wildman–Crippen MR) is 110 cm³/mol. The van der Waals surface area contributed by atoms with E-state index in [9.17, 15) is 18.8 Å². The highest BCUT2D eigenvalue weighted by Gasteiger charge is 2.25. The van der Waals surface area contributed by atoms with E-state index in [-0.39, 0.29) is 36.5 Å². The van der Waals surface area contributed by atoms with Crippen LogP contribution in [0.3, 0.4) is 0 Å². The summed E-state index contributed by atoms with van der Waals surface area (Å²) >= 11 is 1.22. The van der Waals surface area contributed by atoms with Gasteiger partial charge in [-0.05, 0) is 25.1 Å². The fourth-order valence-electron chi connectivity index (χ4n) is 2.40. The number of benzene rings is 1. The van der Waals surface area contributed by atoms with Crippen molar-refractivity contribution in [2.24, 2.45) is 5.73 Å². The number of nitrogens with two attached hydrogens (primary N) is 1. The number of nitrogens with one attached hydrogen (secondary N) is 3. The molecule has 0 aliphatic carbocycles. The fraction of sp³-hybridized carbons (Fsp3) is 0.316. The Bertz CT molecular complexity index is 955. The summed E-state index contributed by atoms with van der Waals surface area (Å²) in [6.07, 6.45) is 1.11. The Balaban J connectivity index is 1.85. The van der Waals surface area contributed by atoms with Crippen molar-refractivity contribution in [1.82, 2.24) is 10.3 Å². The molecule has 2 atom stereocenters. The van der Waals surface area contributed by atoms with Crippen LogP contribution in [0, 0.1) is 11.2 Å². The average molecular weight is 436 g/mol. The number of carbonyl (C=O) groups excluding carboxylic acids is 3. The van der Waals surface area contributed by atoms with E-state index in [2.05, 4.69) is 15.6 Å². The first-order valence-corrected chi connectivity index (χ1v) is 9.78. The molecule has 9 nitrogen and oxygen atoms in total. The summed E-state index contributed by atoms with van der Waals surface area (Å²) in [7, 11) is 0. The summed E-state index contributed by atoms with van der Waals surface area (Å²) < 4.78 is 26.2. The number of anilines is 1. The highest BCUT2D eigenvalue weighted by Crippen LogP contribution is 2.19. The van der Waals surface area contributed by atoms with Gasteiger partial charge < -0.3 is 21.1 Å². The molecule has 0 saturated carbocycles. The lowest BCUT2D eigenvalue weighted by molar-refractivity contribution is -0.145. The van der Waals surface area contributed by atoms with Gasteiger partial charge in [0.2, 0.25) is 11.8 Å². The van der Waals surface area contributed by atoms with Gasteiger partial charge in [-0.3, -0.25) is 19.8 Å². The smallest absolute Gasteiger partial charge is 0.317 e. The molecule has 0 radical (unpaired) electrons. The minimum Gasteiger partial charge on any atom is -0.465 e. The van der Waals surface area contributed by atoms with Gasteiger partial charge >= 0.3 is 5.97 Å². The minimum absolute atomic E-state index is 0.0912. The Hall–Kier alpha value is -3.34. The van der Waals surface area contributed by atoms with E-state index in [1.54, 1.807) is 5.38 Å². The molecule has 1 heterocycles. The maximum atomic E-state index is 14.0. The molecule has 30 heavy (non-hydrogen) atoms. The number of ether oxygens (including phenoxy) is 1. The monoisotopic (exact) mass is 436 g/mol. The normalized spacial score (nSPS) is 12.9. The third-order valence-corrected chi connectivity index (χ3v) is 4.79. The zero-order valence-corrected chi connectivity index (χ0v) is 16.9. The van der Waals surface area contributed by atoms with Crippen molar-refractivity contribution in [3.05, 3.63) is 46.2 Å². The largest absolute Gasteiger partial charge is 0.465 e. The van der Waals surface area contributed by atoms with E-state index in [1.807, 2.05) is 0 Å². The van der Waals surface area contributed by atoms with Gasteiger partial charge in [0.05, 0.1) is 13.6 Å².